The van der Waals surface area contributed by atoms with Crippen LogP contribution in [-0.4, -0.2) is 10.7 Å². The highest BCUT2D eigenvalue weighted by atomic mass is 79.9. The lowest BCUT2D eigenvalue weighted by Gasteiger charge is -2.23. The third-order valence-corrected chi connectivity index (χ3v) is 3.50. The molecule has 3 heteroatoms. The summed E-state index contributed by atoms with van der Waals surface area (Å²) in [5, 5.41) is 10.2. The minimum Gasteiger partial charge on any atom is -0.390 e. The minimum absolute atomic E-state index is 0.237. The number of hydrogen-bond acceptors (Lipinski definition) is 1. The normalized spacial score (nSPS) is 19.5. The average Bonchev–Trinajstić information content (AvgIpc) is 2.94. The van der Waals surface area contributed by atoms with Crippen molar-refractivity contribution in [1.29, 1.82) is 0 Å². The molecule has 1 N–H and O–H groups in total. The number of benzene rings is 1. The Morgan fingerprint density at radius 3 is 2.81 bits per heavy atom. The molecule has 1 aliphatic rings. The molecule has 0 amide bonds. The summed E-state index contributed by atoms with van der Waals surface area (Å²) in [5.74, 6) is 0.407. The third-order valence-electron chi connectivity index (χ3n) is 3.00. The predicted octanol–water partition coefficient (Wildman–Crippen LogP) is 3.68. The van der Waals surface area contributed by atoms with Crippen LogP contribution >= 0.6 is 15.9 Å². The van der Waals surface area contributed by atoms with E-state index >= 15 is 0 Å². The fraction of sp³-hybridized carbons (Fsp3) is 0.538. The minimum atomic E-state index is -0.789. The zero-order valence-corrected chi connectivity index (χ0v) is 10.9. The highest BCUT2D eigenvalue weighted by molar-refractivity contribution is 9.10. The Morgan fingerprint density at radius 1 is 1.50 bits per heavy atom. The number of halogens is 2. The molecule has 1 aliphatic carbocycles. The molecule has 1 saturated carbocycles. The van der Waals surface area contributed by atoms with Gasteiger partial charge in [-0.05, 0) is 43.0 Å². The smallest absolute Gasteiger partial charge is 0.126 e. The maximum Gasteiger partial charge on any atom is 0.126 e. The maximum absolute atomic E-state index is 13.5. The van der Waals surface area contributed by atoms with Gasteiger partial charge in [-0.1, -0.05) is 28.8 Å². The molecular weight excluding hydrogens is 271 g/mol. The molecule has 2 rings (SSSR count). The van der Waals surface area contributed by atoms with Gasteiger partial charge in [-0.15, -0.1) is 0 Å². The van der Waals surface area contributed by atoms with Gasteiger partial charge in [-0.25, -0.2) is 4.39 Å². The lowest BCUT2D eigenvalue weighted by Crippen LogP contribution is -2.28. The van der Waals surface area contributed by atoms with Crippen molar-refractivity contribution in [3.05, 3.63) is 34.1 Å². The lowest BCUT2D eigenvalue weighted by atomic mass is 9.91. The van der Waals surface area contributed by atoms with Crippen molar-refractivity contribution in [1.82, 2.24) is 0 Å². The van der Waals surface area contributed by atoms with E-state index in [1.165, 1.54) is 18.9 Å². The Labute approximate surface area is 104 Å². The van der Waals surface area contributed by atoms with Crippen LogP contribution in [0.1, 0.15) is 31.7 Å². The van der Waals surface area contributed by atoms with Crippen LogP contribution in [0.2, 0.25) is 0 Å². The Balaban J connectivity index is 2.08. The van der Waals surface area contributed by atoms with Crippen LogP contribution in [0.5, 0.6) is 0 Å². The van der Waals surface area contributed by atoms with Gasteiger partial charge in [0.05, 0.1) is 5.60 Å². The predicted molar refractivity (Wildman–Crippen MR) is 65.8 cm³/mol. The maximum atomic E-state index is 13.5. The molecule has 1 unspecified atom stereocenters. The van der Waals surface area contributed by atoms with Crippen LogP contribution in [0, 0.1) is 11.7 Å². The first-order valence-corrected chi connectivity index (χ1v) is 6.42. The fourth-order valence-corrected chi connectivity index (χ4v) is 2.51. The second-order valence-corrected chi connectivity index (χ2v) is 5.97. The molecule has 1 atom stereocenters. The van der Waals surface area contributed by atoms with Crippen LogP contribution in [0.25, 0.3) is 0 Å². The second kappa shape index (κ2) is 4.46. The van der Waals surface area contributed by atoms with Gasteiger partial charge in [0.2, 0.25) is 0 Å². The summed E-state index contributed by atoms with van der Waals surface area (Å²) in [4.78, 5) is 0. The van der Waals surface area contributed by atoms with Gasteiger partial charge in [0, 0.05) is 10.9 Å². The molecular formula is C13H16BrFO. The Morgan fingerprint density at radius 2 is 2.19 bits per heavy atom. The highest BCUT2D eigenvalue weighted by Gasteiger charge is 2.32. The summed E-state index contributed by atoms with van der Waals surface area (Å²) in [7, 11) is 0. The van der Waals surface area contributed by atoms with Gasteiger partial charge >= 0.3 is 0 Å². The van der Waals surface area contributed by atoms with Crippen molar-refractivity contribution in [3.63, 3.8) is 0 Å². The summed E-state index contributed by atoms with van der Waals surface area (Å²) in [6, 6.07) is 4.86. The van der Waals surface area contributed by atoms with Crippen LogP contribution in [0.15, 0.2) is 22.7 Å². The van der Waals surface area contributed by atoms with E-state index in [2.05, 4.69) is 15.9 Å². The Bertz CT molecular complexity index is 386. The van der Waals surface area contributed by atoms with Crippen LogP contribution in [0.3, 0.4) is 0 Å². The van der Waals surface area contributed by atoms with Crippen LogP contribution in [0.4, 0.5) is 4.39 Å². The van der Waals surface area contributed by atoms with Gasteiger partial charge < -0.3 is 5.11 Å². The monoisotopic (exact) mass is 286 g/mol. The molecule has 0 radical (unpaired) electrons. The quantitative estimate of drug-likeness (QED) is 0.895. The van der Waals surface area contributed by atoms with Crippen molar-refractivity contribution >= 4 is 15.9 Å². The van der Waals surface area contributed by atoms with E-state index in [9.17, 15) is 9.50 Å². The summed E-state index contributed by atoms with van der Waals surface area (Å²) >= 11 is 3.32. The van der Waals surface area contributed by atoms with Crippen LogP contribution < -0.4 is 0 Å². The molecule has 0 aromatic heterocycles. The van der Waals surface area contributed by atoms with Crippen molar-refractivity contribution in [2.45, 2.75) is 38.2 Å². The second-order valence-electron chi connectivity index (χ2n) is 5.06. The van der Waals surface area contributed by atoms with E-state index in [-0.39, 0.29) is 5.82 Å². The van der Waals surface area contributed by atoms with Gasteiger partial charge in [0.1, 0.15) is 5.82 Å². The molecule has 1 fully saturated rings. The highest BCUT2D eigenvalue weighted by Crippen LogP contribution is 2.38. The molecule has 0 bridgehead atoms. The Hall–Kier alpha value is -0.410. The van der Waals surface area contributed by atoms with E-state index < -0.39 is 5.60 Å². The Kier molecular flexibility index (Phi) is 3.36. The molecule has 0 spiro atoms. The van der Waals surface area contributed by atoms with Crippen molar-refractivity contribution in [2.75, 3.05) is 0 Å². The summed E-state index contributed by atoms with van der Waals surface area (Å²) < 4.78 is 14.4. The van der Waals surface area contributed by atoms with E-state index in [0.717, 1.165) is 10.9 Å². The van der Waals surface area contributed by atoms with Gasteiger partial charge in [0.25, 0.3) is 0 Å². The van der Waals surface area contributed by atoms with Crippen molar-refractivity contribution in [2.24, 2.45) is 5.92 Å². The van der Waals surface area contributed by atoms with E-state index in [1.54, 1.807) is 19.1 Å². The molecule has 0 saturated heterocycles. The standard InChI is InChI=1S/C13H16BrFO/c1-13(16,7-9-2-3-9)8-10-6-11(14)4-5-12(10)15/h4-6,9,16H,2-3,7-8H2,1H3. The van der Waals surface area contributed by atoms with E-state index in [0.29, 0.717) is 17.9 Å². The molecule has 0 aliphatic heterocycles. The fourth-order valence-electron chi connectivity index (χ4n) is 2.11. The average molecular weight is 287 g/mol. The molecule has 1 aromatic carbocycles. The first-order valence-electron chi connectivity index (χ1n) is 5.63. The molecule has 16 heavy (non-hydrogen) atoms. The van der Waals surface area contributed by atoms with Gasteiger partial charge in [-0.2, -0.15) is 0 Å². The van der Waals surface area contributed by atoms with Crippen LogP contribution in [-0.2, 0) is 6.42 Å². The van der Waals surface area contributed by atoms with E-state index in [1.807, 2.05) is 0 Å². The molecule has 88 valence electrons. The first kappa shape index (κ1) is 12.1. The summed E-state index contributed by atoms with van der Waals surface area (Å²) in [5.41, 5.74) is -0.206. The van der Waals surface area contributed by atoms with Gasteiger partial charge in [0.15, 0.2) is 0 Å². The molecule has 1 aromatic rings. The molecule has 1 nitrogen and oxygen atoms in total. The number of aliphatic hydroxyl groups is 1. The summed E-state index contributed by atoms with van der Waals surface area (Å²) in [6.07, 6.45) is 3.57. The molecule has 0 heterocycles. The van der Waals surface area contributed by atoms with E-state index in [4.69, 9.17) is 0 Å². The topological polar surface area (TPSA) is 20.2 Å². The third kappa shape index (κ3) is 3.29. The first-order chi connectivity index (χ1) is 7.46. The van der Waals surface area contributed by atoms with Crippen molar-refractivity contribution < 1.29 is 9.50 Å². The van der Waals surface area contributed by atoms with Gasteiger partial charge in [-0.3, -0.25) is 0 Å². The zero-order chi connectivity index (χ0) is 11.8. The zero-order valence-electron chi connectivity index (χ0n) is 9.34. The largest absolute Gasteiger partial charge is 0.390 e. The number of hydrogen-bond donors (Lipinski definition) is 1. The SMILES string of the molecule is CC(O)(Cc1cc(Br)ccc1F)CC1CC1. The van der Waals surface area contributed by atoms with Crippen molar-refractivity contribution in [3.8, 4) is 0 Å². The lowest BCUT2D eigenvalue weighted by molar-refractivity contribution is 0.0446. The summed E-state index contributed by atoms with van der Waals surface area (Å²) in [6.45, 7) is 1.80. The number of rotatable bonds is 4.